The van der Waals surface area contributed by atoms with Gasteiger partial charge in [-0.25, -0.2) is 9.97 Å². The van der Waals surface area contributed by atoms with Gasteiger partial charge in [0.05, 0.1) is 11.5 Å². The molecule has 36 heavy (non-hydrogen) atoms. The molecule has 1 aromatic heterocycles. The average Bonchev–Trinajstić information content (AvgIpc) is 3.68. The summed E-state index contributed by atoms with van der Waals surface area (Å²) < 4.78 is 0. The first-order valence-corrected chi connectivity index (χ1v) is 13.5. The smallest absolute Gasteiger partial charge is 0.251 e. The lowest BCUT2D eigenvalue weighted by molar-refractivity contribution is -0.139. The maximum absolute atomic E-state index is 13.6. The molecule has 2 aliphatic carbocycles. The van der Waals surface area contributed by atoms with Gasteiger partial charge >= 0.3 is 0 Å². The molecule has 6 rings (SSSR count). The van der Waals surface area contributed by atoms with E-state index in [9.17, 15) is 14.7 Å². The van der Waals surface area contributed by atoms with E-state index in [1.165, 1.54) is 0 Å². The van der Waals surface area contributed by atoms with Crippen molar-refractivity contribution in [3.05, 3.63) is 42.2 Å². The lowest BCUT2D eigenvalue weighted by Crippen LogP contribution is -2.50. The molecule has 2 saturated carbocycles. The number of hydrogen-bond acceptors (Lipinski definition) is 6. The van der Waals surface area contributed by atoms with Crippen LogP contribution < -0.4 is 10.2 Å². The minimum Gasteiger partial charge on any atom is -0.393 e. The van der Waals surface area contributed by atoms with Crippen molar-refractivity contribution in [2.24, 2.45) is 5.41 Å². The van der Waals surface area contributed by atoms with Crippen molar-refractivity contribution >= 4 is 17.8 Å². The summed E-state index contributed by atoms with van der Waals surface area (Å²) in [5.74, 6) is 0.942. The summed E-state index contributed by atoms with van der Waals surface area (Å²) in [6.07, 6.45) is 11.8. The van der Waals surface area contributed by atoms with Gasteiger partial charge in [-0.3, -0.25) is 9.59 Å². The molecule has 2 amide bonds. The first kappa shape index (κ1) is 23.4. The fourth-order valence-corrected chi connectivity index (χ4v) is 6.19. The number of nitrogens with one attached hydrogen (secondary N) is 1. The average molecular weight is 490 g/mol. The second kappa shape index (κ2) is 9.47. The number of benzene rings is 1. The van der Waals surface area contributed by atoms with Gasteiger partial charge in [-0.05, 0) is 75.5 Å². The summed E-state index contributed by atoms with van der Waals surface area (Å²) in [4.78, 5) is 39.4. The van der Waals surface area contributed by atoms with Gasteiger partial charge in [0.15, 0.2) is 0 Å². The highest BCUT2D eigenvalue weighted by Gasteiger charge is 2.51. The van der Waals surface area contributed by atoms with Gasteiger partial charge in [-0.2, -0.15) is 0 Å². The Morgan fingerprint density at radius 1 is 0.944 bits per heavy atom. The van der Waals surface area contributed by atoms with Crippen LogP contribution in [-0.2, 0) is 4.79 Å². The van der Waals surface area contributed by atoms with Crippen molar-refractivity contribution in [1.29, 1.82) is 0 Å². The van der Waals surface area contributed by atoms with Crippen LogP contribution >= 0.6 is 0 Å². The highest BCUT2D eigenvalue weighted by Crippen LogP contribution is 2.43. The van der Waals surface area contributed by atoms with E-state index in [0.717, 1.165) is 82.0 Å². The predicted octanol–water partition coefficient (Wildman–Crippen LogP) is 3.16. The molecule has 2 aliphatic heterocycles. The fraction of sp³-hybridized carbons (Fsp3) is 0.571. The molecule has 4 aliphatic rings. The molecular formula is C28H35N5O3. The Bertz CT molecular complexity index is 1110. The first-order valence-electron chi connectivity index (χ1n) is 13.5. The number of piperidine rings is 1. The van der Waals surface area contributed by atoms with E-state index in [4.69, 9.17) is 0 Å². The third kappa shape index (κ3) is 4.59. The Labute approximate surface area is 212 Å². The van der Waals surface area contributed by atoms with Gasteiger partial charge in [0, 0.05) is 55.2 Å². The summed E-state index contributed by atoms with van der Waals surface area (Å²) in [7, 11) is 0. The summed E-state index contributed by atoms with van der Waals surface area (Å²) in [6, 6.07) is 8.19. The normalized spacial score (nSPS) is 28.5. The van der Waals surface area contributed by atoms with E-state index in [-0.39, 0.29) is 29.4 Å². The molecule has 2 saturated heterocycles. The molecule has 1 atom stereocenters. The Morgan fingerprint density at radius 2 is 1.67 bits per heavy atom. The largest absolute Gasteiger partial charge is 0.393 e. The van der Waals surface area contributed by atoms with Crippen LogP contribution in [0.2, 0.25) is 0 Å². The molecule has 0 radical (unpaired) electrons. The summed E-state index contributed by atoms with van der Waals surface area (Å²) in [5.41, 5.74) is 2.20. The van der Waals surface area contributed by atoms with Crippen molar-refractivity contribution in [1.82, 2.24) is 20.2 Å². The van der Waals surface area contributed by atoms with Crippen molar-refractivity contribution < 1.29 is 14.7 Å². The van der Waals surface area contributed by atoms with E-state index < -0.39 is 0 Å². The van der Waals surface area contributed by atoms with Gasteiger partial charge in [0.1, 0.15) is 0 Å². The van der Waals surface area contributed by atoms with Gasteiger partial charge in [-0.15, -0.1) is 0 Å². The van der Waals surface area contributed by atoms with E-state index >= 15 is 0 Å². The quantitative estimate of drug-likeness (QED) is 0.670. The van der Waals surface area contributed by atoms with E-state index in [0.29, 0.717) is 24.1 Å². The van der Waals surface area contributed by atoms with E-state index in [2.05, 4.69) is 25.1 Å². The summed E-state index contributed by atoms with van der Waals surface area (Å²) in [5, 5.41) is 12.9. The number of nitrogens with zero attached hydrogens (tertiary/aromatic N) is 4. The molecule has 8 nitrogen and oxygen atoms in total. The molecule has 1 spiro atoms. The van der Waals surface area contributed by atoms with Crippen molar-refractivity contribution in [2.45, 2.75) is 76.0 Å². The highest BCUT2D eigenvalue weighted by atomic mass is 16.3. The van der Waals surface area contributed by atoms with Gasteiger partial charge < -0.3 is 20.2 Å². The Balaban J connectivity index is 1.11. The van der Waals surface area contributed by atoms with Crippen molar-refractivity contribution in [2.75, 3.05) is 24.5 Å². The number of anilines is 1. The minimum absolute atomic E-state index is 0.0178. The van der Waals surface area contributed by atoms with Crippen LogP contribution in [0.1, 0.15) is 68.1 Å². The van der Waals surface area contributed by atoms with Crippen LogP contribution in [0.4, 0.5) is 5.95 Å². The molecule has 8 heteroatoms. The fourth-order valence-electron chi connectivity index (χ4n) is 6.19. The van der Waals surface area contributed by atoms with Crippen LogP contribution in [0.25, 0.3) is 11.1 Å². The topological polar surface area (TPSA) is 98.7 Å². The maximum Gasteiger partial charge on any atom is 0.251 e. The minimum atomic E-state index is -0.340. The standard InChI is InChI=1S/C28H35N5O3/c34-24-10-8-23(9-11-24)33-15-13-28(26(33)36)12-1-14-32(18-28)27-29-16-21(17-30-27)19-2-4-20(5-3-19)25(35)31-22-6-7-22/h2-5,16-17,22-24,34H,1,6-15,18H2,(H,31,35)/t23-,24-,28-/m1/s1. The second-order valence-corrected chi connectivity index (χ2v) is 11.1. The van der Waals surface area contributed by atoms with Crippen LogP contribution in [-0.4, -0.2) is 69.6 Å². The second-order valence-electron chi connectivity index (χ2n) is 11.1. The van der Waals surface area contributed by atoms with E-state index in [1.54, 1.807) is 0 Å². The summed E-state index contributed by atoms with van der Waals surface area (Å²) >= 11 is 0. The third-order valence-electron chi connectivity index (χ3n) is 8.54. The SMILES string of the molecule is O=C(NC1CC1)c1ccc(-c2cnc(N3CCC[C@@]4(CCN([C@H]5CC[C@H](O)CC5)C4=O)C3)nc2)cc1. The predicted molar refractivity (Wildman–Crippen MR) is 136 cm³/mol. The number of aliphatic hydroxyl groups is 1. The van der Waals surface area contributed by atoms with E-state index in [1.807, 2.05) is 36.7 Å². The molecule has 2 aromatic rings. The monoisotopic (exact) mass is 489 g/mol. The Hall–Kier alpha value is -3.00. The van der Waals surface area contributed by atoms with Crippen LogP contribution in [0.15, 0.2) is 36.7 Å². The van der Waals surface area contributed by atoms with Crippen LogP contribution in [0.5, 0.6) is 0 Å². The molecule has 190 valence electrons. The molecule has 4 fully saturated rings. The maximum atomic E-state index is 13.6. The number of rotatable bonds is 5. The number of likely N-dealkylation sites (tertiary alicyclic amines) is 1. The number of carbonyl (C=O) groups excluding carboxylic acids is 2. The lowest BCUT2D eigenvalue weighted by Gasteiger charge is -2.40. The zero-order chi connectivity index (χ0) is 24.7. The van der Waals surface area contributed by atoms with Crippen LogP contribution in [0.3, 0.4) is 0 Å². The molecule has 2 N–H and O–H groups in total. The Kier molecular flexibility index (Phi) is 6.15. The van der Waals surface area contributed by atoms with Crippen LogP contribution in [0, 0.1) is 5.41 Å². The number of hydrogen-bond donors (Lipinski definition) is 2. The zero-order valence-corrected chi connectivity index (χ0v) is 20.7. The Morgan fingerprint density at radius 3 is 2.36 bits per heavy atom. The lowest BCUT2D eigenvalue weighted by atomic mass is 9.78. The molecule has 3 heterocycles. The number of aromatic nitrogens is 2. The molecular weight excluding hydrogens is 454 g/mol. The number of carbonyl (C=O) groups is 2. The van der Waals surface area contributed by atoms with Gasteiger partial charge in [0.25, 0.3) is 5.91 Å². The van der Waals surface area contributed by atoms with Gasteiger partial charge in [-0.1, -0.05) is 12.1 Å². The van der Waals surface area contributed by atoms with Crippen molar-refractivity contribution in [3.8, 4) is 11.1 Å². The molecule has 0 unspecified atom stereocenters. The summed E-state index contributed by atoms with van der Waals surface area (Å²) in [6.45, 7) is 2.35. The zero-order valence-electron chi connectivity index (χ0n) is 20.7. The number of aliphatic hydroxyl groups excluding tert-OH is 1. The third-order valence-corrected chi connectivity index (χ3v) is 8.54. The van der Waals surface area contributed by atoms with Gasteiger partial charge in [0.2, 0.25) is 11.9 Å². The number of amides is 2. The highest BCUT2D eigenvalue weighted by molar-refractivity contribution is 5.95. The molecule has 1 aromatic carbocycles. The first-order chi connectivity index (χ1) is 17.5. The molecule has 0 bridgehead atoms. The van der Waals surface area contributed by atoms with Crippen molar-refractivity contribution in [3.63, 3.8) is 0 Å².